The van der Waals surface area contributed by atoms with Crippen LogP contribution in [0.2, 0.25) is 0 Å². The molecule has 1 atom stereocenters. The Hall–Kier alpha value is -2.54. The lowest BCUT2D eigenvalue weighted by molar-refractivity contribution is -0.125. The van der Waals surface area contributed by atoms with E-state index in [2.05, 4.69) is 4.98 Å². The highest BCUT2D eigenvalue weighted by atomic mass is 32.1. The summed E-state index contributed by atoms with van der Waals surface area (Å²) in [6.07, 6.45) is 5.88. The summed E-state index contributed by atoms with van der Waals surface area (Å²) in [6, 6.07) is 5.53. The first kappa shape index (κ1) is 17.3. The largest absolute Gasteiger partial charge is 0.493 e. The summed E-state index contributed by atoms with van der Waals surface area (Å²) in [5, 5.41) is 2.53. The fourth-order valence-corrected chi connectivity index (χ4v) is 3.22. The number of benzene rings is 1. The molecule has 1 amide bonds. The smallest absolute Gasteiger partial charge is 0.273 e. The minimum Gasteiger partial charge on any atom is -0.493 e. The molecule has 0 saturated carbocycles. The number of carbonyl (C=O) groups excluding carboxylic acids is 1. The zero-order valence-electron chi connectivity index (χ0n) is 14.2. The molecule has 1 aliphatic rings. The molecule has 0 N–H and O–H groups in total. The van der Waals surface area contributed by atoms with Crippen molar-refractivity contribution in [3.05, 3.63) is 41.4 Å². The molecule has 1 aromatic heterocycles. The fraction of sp³-hybridized carbons (Fsp3) is 0.333. The van der Waals surface area contributed by atoms with Gasteiger partial charge in [0, 0.05) is 30.6 Å². The van der Waals surface area contributed by atoms with Crippen LogP contribution in [0.4, 0.5) is 0 Å². The van der Waals surface area contributed by atoms with Crippen molar-refractivity contribution in [3.63, 3.8) is 0 Å². The van der Waals surface area contributed by atoms with Crippen LogP contribution in [-0.2, 0) is 4.79 Å². The van der Waals surface area contributed by atoms with Crippen LogP contribution in [0.3, 0.4) is 0 Å². The van der Waals surface area contributed by atoms with Gasteiger partial charge in [-0.1, -0.05) is 17.4 Å². The highest BCUT2D eigenvalue weighted by Crippen LogP contribution is 2.28. The summed E-state index contributed by atoms with van der Waals surface area (Å²) < 4.78 is 16.3. The Morgan fingerprint density at radius 2 is 2.16 bits per heavy atom. The minimum atomic E-state index is -0.0278. The zero-order valence-corrected chi connectivity index (χ0v) is 15.0. The van der Waals surface area contributed by atoms with Gasteiger partial charge in [0.2, 0.25) is 5.91 Å². The van der Waals surface area contributed by atoms with E-state index in [1.165, 1.54) is 11.3 Å². The van der Waals surface area contributed by atoms with Crippen LogP contribution in [0.25, 0.3) is 6.08 Å². The van der Waals surface area contributed by atoms with E-state index in [9.17, 15) is 4.79 Å². The predicted octanol–water partition coefficient (Wildman–Crippen LogP) is 2.85. The Balaban J connectivity index is 1.58. The number of methoxy groups -OCH3 is 2. The Morgan fingerprint density at radius 1 is 1.32 bits per heavy atom. The normalized spacial score (nSPS) is 17.0. The summed E-state index contributed by atoms with van der Waals surface area (Å²) >= 11 is 1.46. The van der Waals surface area contributed by atoms with Gasteiger partial charge in [-0.25, -0.2) is 4.98 Å². The molecule has 1 fully saturated rings. The molecule has 1 aromatic carbocycles. The van der Waals surface area contributed by atoms with Crippen LogP contribution >= 0.6 is 11.3 Å². The number of likely N-dealkylation sites (tertiary alicyclic amines) is 1. The van der Waals surface area contributed by atoms with Crippen molar-refractivity contribution in [2.45, 2.75) is 12.5 Å². The van der Waals surface area contributed by atoms with Crippen LogP contribution in [0, 0.1) is 0 Å². The van der Waals surface area contributed by atoms with E-state index in [1.807, 2.05) is 23.6 Å². The number of hydrogen-bond acceptors (Lipinski definition) is 6. The maximum Gasteiger partial charge on any atom is 0.273 e. The maximum absolute atomic E-state index is 12.4. The average Bonchev–Trinajstić information content (AvgIpc) is 3.32. The molecular formula is C18H20N2O4S. The van der Waals surface area contributed by atoms with Crippen LogP contribution in [-0.4, -0.2) is 49.2 Å². The molecule has 0 bridgehead atoms. The average molecular weight is 360 g/mol. The van der Waals surface area contributed by atoms with Gasteiger partial charge < -0.3 is 19.1 Å². The van der Waals surface area contributed by atoms with Gasteiger partial charge in [0.05, 0.1) is 20.8 Å². The number of nitrogens with zero attached hydrogens (tertiary/aromatic N) is 2. The standard InChI is InChI=1S/C18H20N2O4S/c1-22-15-5-3-13(11-16(15)23-2)4-6-17(21)20-9-7-14(12-20)24-18-19-8-10-25-18/h3-6,8,10-11,14H,7,9,12H2,1-2H3/b6-4+. The van der Waals surface area contributed by atoms with Gasteiger partial charge in [-0.3, -0.25) is 4.79 Å². The van der Waals surface area contributed by atoms with E-state index in [0.717, 1.165) is 12.0 Å². The van der Waals surface area contributed by atoms with Gasteiger partial charge in [0.1, 0.15) is 6.10 Å². The highest BCUT2D eigenvalue weighted by Gasteiger charge is 2.26. The predicted molar refractivity (Wildman–Crippen MR) is 96.3 cm³/mol. The zero-order chi connectivity index (χ0) is 17.6. The minimum absolute atomic E-state index is 0.00424. The van der Waals surface area contributed by atoms with Crippen molar-refractivity contribution < 1.29 is 19.0 Å². The maximum atomic E-state index is 12.4. The van der Waals surface area contributed by atoms with Gasteiger partial charge >= 0.3 is 0 Å². The van der Waals surface area contributed by atoms with Gasteiger partial charge in [-0.15, -0.1) is 0 Å². The van der Waals surface area contributed by atoms with Gasteiger partial charge in [-0.2, -0.15) is 0 Å². The Kier molecular flexibility index (Phi) is 5.55. The highest BCUT2D eigenvalue weighted by molar-refractivity contribution is 7.11. The van der Waals surface area contributed by atoms with Crippen molar-refractivity contribution in [1.29, 1.82) is 0 Å². The molecule has 1 saturated heterocycles. The second kappa shape index (κ2) is 8.02. The first-order chi connectivity index (χ1) is 12.2. The van der Waals surface area contributed by atoms with E-state index in [1.54, 1.807) is 37.5 Å². The van der Waals surface area contributed by atoms with Gasteiger partial charge in [0.15, 0.2) is 11.5 Å². The number of amides is 1. The molecule has 7 heteroatoms. The molecule has 0 spiro atoms. The fourth-order valence-electron chi connectivity index (χ4n) is 2.67. The van der Waals surface area contributed by atoms with Crippen molar-refractivity contribution in [2.24, 2.45) is 0 Å². The van der Waals surface area contributed by atoms with Crippen molar-refractivity contribution in [2.75, 3.05) is 27.3 Å². The summed E-state index contributed by atoms with van der Waals surface area (Å²) in [5.74, 6) is 1.27. The molecule has 6 nitrogen and oxygen atoms in total. The molecule has 2 heterocycles. The van der Waals surface area contributed by atoms with E-state index in [4.69, 9.17) is 14.2 Å². The summed E-state index contributed by atoms with van der Waals surface area (Å²) in [7, 11) is 3.18. The summed E-state index contributed by atoms with van der Waals surface area (Å²) in [4.78, 5) is 18.3. The number of hydrogen-bond donors (Lipinski definition) is 0. The van der Waals surface area contributed by atoms with E-state index in [0.29, 0.717) is 29.8 Å². The first-order valence-electron chi connectivity index (χ1n) is 7.94. The quantitative estimate of drug-likeness (QED) is 0.742. The van der Waals surface area contributed by atoms with Gasteiger partial charge in [0.25, 0.3) is 5.19 Å². The number of thiazole rings is 1. The second-order valence-corrected chi connectivity index (χ2v) is 6.42. The van der Waals surface area contributed by atoms with Gasteiger partial charge in [-0.05, 0) is 23.8 Å². The Morgan fingerprint density at radius 3 is 2.88 bits per heavy atom. The van der Waals surface area contributed by atoms with E-state index >= 15 is 0 Å². The molecule has 132 valence electrons. The molecule has 1 aliphatic heterocycles. The van der Waals surface area contributed by atoms with Crippen molar-refractivity contribution >= 4 is 23.3 Å². The summed E-state index contributed by atoms with van der Waals surface area (Å²) in [5.41, 5.74) is 0.876. The third kappa shape index (κ3) is 4.30. The molecule has 0 radical (unpaired) electrons. The molecule has 3 rings (SSSR count). The SMILES string of the molecule is COc1ccc(/C=C/C(=O)N2CCC(Oc3nccs3)C2)cc1OC. The lowest BCUT2D eigenvalue weighted by Gasteiger charge is -2.14. The van der Waals surface area contributed by atoms with Crippen LogP contribution in [0.5, 0.6) is 16.7 Å². The molecule has 2 aromatic rings. The van der Waals surface area contributed by atoms with E-state index < -0.39 is 0 Å². The third-order valence-corrected chi connectivity index (χ3v) is 4.62. The second-order valence-electron chi connectivity index (χ2n) is 5.56. The number of ether oxygens (including phenoxy) is 3. The van der Waals surface area contributed by atoms with Crippen LogP contribution < -0.4 is 14.2 Å². The van der Waals surface area contributed by atoms with E-state index in [-0.39, 0.29) is 12.0 Å². The number of rotatable bonds is 6. The lowest BCUT2D eigenvalue weighted by atomic mass is 10.2. The summed E-state index contributed by atoms with van der Waals surface area (Å²) in [6.45, 7) is 1.26. The Labute approximate surface area is 150 Å². The number of carbonyl (C=O) groups is 1. The molecular weight excluding hydrogens is 340 g/mol. The third-order valence-electron chi connectivity index (χ3n) is 3.96. The van der Waals surface area contributed by atoms with Crippen molar-refractivity contribution in [1.82, 2.24) is 9.88 Å². The van der Waals surface area contributed by atoms with Crippen molar-refractivity contribution in [3.8, 4) is 16.7 Å². The lowest BCUT2D eigenvalue weighted by Crippen LogP contribution is -2.29. The monoisotopic (exact) mass is 360 g/mol. The Bertz CT molecular complexity index is 746. The molecule has 25 heavy (non-hydrogen) atoms. The first-order valence-corrected chi connectivity index (χ1v) is 8.82. The van der Waals surface area contributed by atoms with Crippen LogP contribution in [0.1, 0.15) is 12.0 Å². The molecule has 0 aliphatic carbocycles. The topological polar surface area (TPSA) is 60.9 Å². The molecule has 1 unspecified atom stereocenters. The number of aromatic nitrogens is 1. The van der Waals surface area contributed by atoms with Crippen LogP contribution in [0.15, 0.2) is 35.9 Å².